The zero-order chi connectivity index (χ0) is 18.5. The molecule has 2 aromatic heterocycles. The van der Waals surface area contributed by atoms with Gasteiger partial charge < -0.3 is 15.1 Å². The van der Waals surface area contributed by atoms with E-state index in [1.54, 1.807) is 24.3 Å². The summed E-state index contributed by atoms with van der Waals surface area (Å²) in [6.07, 6.45) is 0. The Morgan fingerprint density at radius 1 is 1.08 bits per heavy atom. The fourth-order valence-electron chi connectivity index (χ4n) is 2.20. The summed E-state index contributed by atoms with van der Waals surface area (Å²) in [5, 5.41) is 17.9. The first-order valence-electron chi connectivity index (χ1n) is 7.50. The molecule has 2 amide bonds. The van der Waals surface area contributed by atoms with Crippen LogP contribution in [0.4, 0.5) is 11.6 Å². The van der Waals surface area contributed by atoms with Gasteiger partial charge in [-0.2, -0.15) is 0 Å². The van der Waals surface area contributed by atoms with Gasteiger partial charge in [0.25, 0.3) is 11.8 Å². The van der Waals surface area contributed by atoms with E-state index in [9.17, 15) is 19.7 Å². The fraction of sp³-hybridized carbons (Fsp3) is 0.0588. The number of amides is 2. The van der Waals surface area contributed by atoms with E-state index in [0.717, 1.165) is 10.9 Å². The first-order chi connectivity index (χ1) is 12.5. The molecule has 3 rings (SSSR count). The van der Waals surface area contributed by atoms with Gasteiger partial charge in [-0.25, -0.2) is 0 Å². The van der Waals surface area contributed by atoms with Crippen molar-refractivity contribution in [3.63, 3.8) is 0 Å². The number of para-hydroxylation sites is 1. The summed E-state index contributed by atoms with van der Waals surface area (Å²) < 4.78 is 4.87. The minimum absolute atomic E-state index is 0.217. The van der Waals surface area contributed by atoms with E-state index in [-0.39, 0.29) is 22.9 Å². The van der Waals surface area contributed by atoms with Crippen molar-refractivity contribution in [3.05, 3.63) is 80.2 Å². The first kappa shape index (κ1) is 17.4. The normalized spacial score (nSPS) is 10.3. The number of thiophene rings is 1. The lowest BCUT2D eigenvalue weighted by Crippen LogP contribution is -2.24. The SMILES string of the molecule is O=C(Nc1ccccc1C(=O)NCc1cccs1)c1ccc([N+](=O)[O-])o1. The minimum atomic E-state index is -0.733. The third kappa shape index (κ3) is 3.95. The van der Waals surface area contributed by atoms with Crippen LogP contribution in [0.3, 0.4) is 0 Å². The summed E-state index contributed by atoms with van der Waals surface area (Å²) in [7, 11) is 0. The average molecular weight is 371 g/mol. The molecule has 26 heavy (non-hydrogen) atoms. The zero-order valence-electron chi connectivity index (χ0n) is 13.3. The standard InChI is InChI=1S/C17H13N3O5S/c21-16(18-10-11-4-3-9-26-11)12-5-1-2-6-13(12)19-17(22)14-7-8-15(25-14)20(23)24/h1-9H,10H2,(H,18,21)(H,19,22). The molecular weight excluding hydrogens is 358 g/mol. The summed E-state index contributed by atoms with van der Waals surface area (Å²) in [6, 6.07) is 12.6. The van der Waals surface area contributed by atoms with Crippen LogP contribution in [0, 0.1) is 10.1 Å². The molecule has 0 aliphatic rings. The molecule has 8 nitrogen and oxygen atoms in total. The van der Waals surface area contributed by atoms with E-state index in [1.807, 2.05) is 17.5 Å². The lowest BCUT2D eigenvalue weighted by atomic mass is 10.1. The highest BCUT2D eigenvalue weighted by atomic mass is 32.1. The zero-order valence-corrected chi connectivity index (χ0v) is 14.1. The van der Waals surface area contributed by atoms with Gasteiger partial charge in [-0.15, -0.1) is 11.3 Å². The molecule has 0 fully saturated rings. The molecule has 1 aromatic carbocycles. The molecule has 2 heterocycles. The Morgan fingerprint density at radius 2 is 1.88 bits per heavy atom. The van der Waals surface area contributed by atoms with Crippen molar-refractivity contribution >= 4 is 34.7 Å². The maximum Gasteiger partial charge on any atom is 0.433 e. The van der Waals surface area contributed by atoms with Crippen LogP contribution in [0.1, 0.15) is 25.8 Å². The monoisotopic (exact) mass is 371 g/mol. The number of rotatable bonds is 6. The molecule has 0 spiro atoms. The summed E-state index contributed by atoms with van der Waals surface area (Å²) in [5.41, 5.74) is 0.554. The van der Waals surface area contributed by atoms with Gasteiger partial charge in [-0.05, 0) is 29.6 Å². The quantitative estimate of drug-likeness (QED) is 0.509. The van der Waals surface area contributed by atoms with Crippen molar-refractivity contribution in [1.29, 1.82) is 0 Å². The minimum Gasteiger partial charge on any atom is -0.395 e. The molecule has 0 atom stereocenters. The molecule has 0 unspecified atom stereocenters. The summed E-state index contributed by atoms with van der Waals surface area (Å²) in [5.74, 6) is -1.78. The van der Waals surface area contributed by atoms with Crippen molar-refractivity contribution in [2.45, 2.75) is 6.54 Å². The Bertz CT molecular complexity index is 949. The highest BCUT2D eigenvalue weighted by Gasteiger charge is 2.19. The lowest BCUT2D eigenvalue weighted by molar-refractivity contribution is -0.402. The molecule has 0 aliphatic heterocycles. The molecule has 3 aromatic rings. The maximum absolute atomic E-state index is 12.4. The molecular formula is C17H13N3O5S. The largest absolute Gasteiger partial charge is 0.433 e. The third-order valence-corrected chi connectivity index (χ3v) is 4.30. The van der Waals surface area contributed by atoms with E-state index in [0.29, 0.717) is 6.54 Å². The van der Waals surface area contributed by atoms with Crippen LogP contribution in [-0.2, 0) is 6.54 Å². The Morgan fingerprint density at radius 3 is 2.58 bits per heavy atom. The molecule has 2 N–H and O–H groups in total. The predicted octanol–water partition coefficient (Wildman–Crippen LogP) is 3.43. The van der Waals surface area contributed by atoms with Crippen LogP contribution in [-0.4, -0.2) is 16.7 Å². The van der Waals surface area contributed by atoms with Crippen LogP contribution >= 0.6 is 11.3 Å². The average Bonchev–Trinajstić information content (AvgIpc) is 3.32. The van der Waals surface area contributed by atoms with Crippen LogP contribution in [0.25, 0.3) is 0 Å². The van der Waals surface area contributed by atoms with Gasteiger partial charge in [0.15, 0.2) is 5.76 Å². The maximum atomic E-state index is 12.4. The molecule has 0 aliphatic carbocycles. The van der Waals surface area contributed by atoms with Gasteiger partial charge in [0.2, 0.25) is 0 Å². The Balaban J connectivity index is 1.72. The topological polar surface area (TPSA) is 114 Å². The van der Waals surface area contributed by atoms with E-state index in [1.165, 1.54) is 17.4 Å². The van der Waals surface area contributed by atoms with Gasteiger partial charge >= 0.3 is 5.88 Å². The van der Waals surface area contributed by atoms with Crippen LogP contribution in [0.15, 0.2) is 58.3 Å². The Labute approximate surface area is 151 Å². The number of nitro groups is 1. The first-order valence-corrected chi connectivity index (χ1v) is 8.38. The number of carbonyl (C=O) groups is 2. The Hall–Kier alpha value is -3.46. The van der Waals surface area contributed by atoms with Gasteiger partial charge in [-0.1, -0.05) is 18.2 Å². The highest BCUT2D eigenvalue weighted by molar-refractivity contribution is 7.09. The van der Waals surface area contributed by atoms with Crippen molar-refractivity contribution in [3.8, 4) is 0 Å². The van der Waals surface area contributed by atoms with Crippen molar-refractivity contribution < 1.29 is 18.9 Å². The van der Waals surface area contributed by atoms with Gasteiger partial charge in [0.05, 0.1) is 23.9 Å². The van der Waals surface area contributed by atoms with E-state index >= 15 is 0 Å². The lowest BCUT2D eigenvalue weighted by Gasteiger charge is -2.10. The van der Waals surface area contributed by atoms with E-state index < -0.39 is 16.7 Å². The summed E-state index contributed by atoms with van der Waals surface area (Å²) in [4.78, 5) is 35.5. The number of hydrogen-bond acceptors (Lipinski definition) is 6. The second-order valence-electron chi connectivity index (χ2n) is 5.16. The molecule has 0 radical (unpaired) electrons. The van der Waals surface area contributed by atoms with Gasteiger partial charge in [-0.3, -0.25) is 19.7 Å². The molecule has 0 bridgehead atoms. The number of nitrogens with zero attached hydrogens (tertiary/aromatic N) is 1. The number of nitrogens with one attached hydrogen (secondary N) is 2. The summed E-state index contributed by atoms with van der Waals surface area (Å²) in [6.45, 7) is 0.378. The van der Waals surface area contributed by atoms with Crippen molar-refractivity contribution in [2.24, 2.45) is 0 Å². The highest BCUT2D eigenvalue weighted by Crippen LogP contribution is 2.20. The molecule has 132 valence electrons. The van der Waals surface area contributed by atoms with Crippen LogP contribution in [0.5, 0.6) is 0 Å². The van der Waals surface area contributed by atoms with Crippen molar-refractivity contribution in [1.82, 2.24) is 5.32 Å². The number of furan rings is 1. The smallest absolute Gasteiger partial charge is 0.395 e. The Kier molecular flexibility index (Phi) is 5.09. The molecule has 9 heteroatoms. The molecule has 0 saturated carbocycles. The van der Waals surface area contributed by atoms with Crippen molar-refractivity contribution in [2.75, 3.05) is 5.32 Å². The van der Waals surface area contributed by atoms with Gasteiger partial charge in [0, 0.05) is 4.88 Å². The number of hydrogen-bond donors (Lipinski definition) is 2. The number of anilines is 1. The third-order valence-electron chi connectivity index (χ3n) is 3.42. The second kappa shape index (κ2) is 7.62. The van der Waals surface area contributed by atoms with E-state index in [4.69, 9.17) is 4.42 Å². The predicted molar refractivity (Wildman–Crippen MR) is 95.2 cm³/mol. The molecule has 0 saturated heterocycles. The fourth-order valence-corrected chi connectivity index (χ4v) is 2.84. The number of benzene rings is 1. The summed E-state index contributed by atoms with van der Waals surface area (Å²) >= 11 is 1.52. The van der Waals surface area contributed by atoms with Gasteiger partial charge in [0.1, 0.15) is 4.92 Å². The second-order valence-corrected chi connectivity index (χ2v) is 6.19. The van der Waals surface area contributed by atoms with E-state index in [2.05, 4.69) is 10.6 Å². The number of carbonyl (C=O) groups excluding carboxylic acids is 2. The van der Waals surface area contributed by atoms with Crippen LogP contribution in [0.2, 0.25) is 0 Å². The van der Waals surface area contributed by atoms with Crippen LogP contribution < -0.4 is 10.6 Å².